The second-order valence-corrected chi connectivity index (χ2v) is 6.57. The summed E-state index contributed by atoms with van der Waals surface area (Å²) in [6.45, 7) is 2.00. The van der Waals surface area contributed by atoms with Crippen LogP contribution < -0.4 is 4.74 Å². The Morgan fingerprint density at radius 1 is 1.04 bits per heavy atom. The van der Waals surface area contributed by atoms with Crippen LogP contribution >= 0.6 is 11.3 Å². The van der Waals surface area contributed by atoms with Crippen molar-refractivity contribution in [3.05, 3.63) is 52.2 Å². The molecule has 0 spiro atoms. The molecule has 0 atom stereocenters. The molecule has 0 aliphatic carbocycles. The van der Waals surface area contributed by atoms with E-state index in [4.69, 9.17) is 4.74 Å². The number of thiophene rings is 1. The van der Waals surface area contributed by atoms with Crippen LogP contribution in [-0.2, 0) is 4.79 Å². The van der Waals surface area contributed by atoms with Gasteiger partial charge in [-0.15, -0.1) is 11.3 Å². The number of hydrogen-bond donors (Lipinski definition) is 0. The first-order valence-electron chi connectivity index (χ1n) is 7.96. The lowest BCUT2D eigenvalue weighted by atomic mass is 10.2. The summed E-state index contributed by atoms with van der Waals surface area (Å²) in [5.74, 6) is 0.460. The van der Waals surface area contributed by atoms with Gasteiger partial charge in [-0.3, -0.25) is 14.4 Å². The van der Waals surface area contributed by atoms with Crippen molar-refractivity contribution >= 4 is 29.4 Å². The lowest BCUT2D eigenvalue weighted by Crippen LogP contribution is -2.51. The van der Waals surface area contributed by atoms with Crippen LogP contribution in [0.2, 0.25) is 0 Å². The van der Waals surface area contributed by atoms with E-state index in [-0.39, 0.29) is 18.4 Å². The van der Waals surface area contributed by atoms with Gasteiger partial charge in [0.25, 0.3) is 11.8 Å². The van der Waals surface area contributed by atoms with Crippen molar-refractivity contribution in [2.45, 2.75) is 0 Å². The number of aldehydes is 1. The molecule has 1 aromatic carbocycles. The number of hydrogen-bond acceptors (Lipinski definition) is 5. The summed E-state index contributed by atoms with van der Waals surface area (Å²) in [5, 5.41) is 1.88. The maximum absolute atomic E-state index is 12.3. The van der Waals surface area contributed by atoms with Crippen LogP contribution in [0.15, 0.2) is 41.8 Å². The molecule has 130 valence electrons. The Hall–Kier alpha value is -2.67. The number of benzene rings is 1. The Kier molecular flexibility index (Phi) is 5.45. The third kappa shape index (κ3) is 4.24. The first-order valence-corrected chi connectivity index (χ1v) is 8.84. The predicted octanol–water partition coefficient (Wildman–Crippen LogP) is 1.92. The fraction of sp³-hybridized carbons (Fsp3) is 0.278. The molecule has 3 rings (SSSR count). The number of rotatable bonds is 5. The number of amides is 2. The van der Waals surface area contributed by atoms with Crippen LogP contribution in [-0.4, -0.2) is 60.7 Å². The molecule has 0 N–H and O–H groups in total. The van der Waals surface area contributed by atoms with E-state index in [0.29, 0.717) is 37.5 Å². The third-order valence-electron chi connectivity index (χ3n) is 4.03. The molecule has 1 aliphatic rings. The van der Waals surface area contributed by atoms with E-state index >= 15 is 0 Å². The van der Waals surface area contributed by atoms with Crippen molar-refractivity contribution in [3.8, 4) is 5.75 Å². The zero-order valence-electron chi connectivity index (χ0n) is 13.6. The zero-order valence-corrected chi connectivity index (χ0v) is 14.4. The average molecular weight is 358 g/mol. The largest absolute Gasteiger partial charge is 0.484 e. The summed E-state index contributed by atoms with van der Waals surface area (Å²) in [7, 11) is 0. The van der Waals surface area contributed by atoms with Gasteiger partial charge in [0, 0.05) is 31.7 Å². The van der Waals surface area contributed by atoms with Crippen molar-refractivity contribution in [1.29, 1.82) is 0 Å². The Bertz CT molecular complexity index is 735. The van der Waals surface area contributed by atoms with Crippen molar-refractivity contribution in [2.75, 3.05) is 32.8 Å². The topological polar surface area (TPSA) is 66.9 Å². The molecule has 7 heteroatoms. The monoisotopic (exact) mass is 358 g/mol. The van der Waals surface area contributed by atoms with Gasteiger partial charge >= 0.3 is 0 Å². The highest BCUT2D eigenvalue weighted by molar-refractivity contribution is 7.12. The van der Waals surface area contributed by atoms with E-state index in [1.165, 1.54) is 11.3 Å². The maximum atomic E-state index is 12.3. The zero-order chi connectivity index (χ0) is 17.6. The molecule has 1 fully saturated rings. The Morgan fingerprint density at radius 3 is 2.32 bits per heavy atom. The molecule has 0 bridgehead atoms. The van der Waals surface area contributed by atoms with Gasteiger partial charge in [-0.2, -0.15) is 0 Å². The molecule has 2 aromatic rings. The first-order chi connectivity index (χ1) is 12.2. The lowest BCUT2D eigenvalue weighted by molar-refractivity contribution is -0.134. The SMILES string of the molecule is O=Cc1ccc(OCC(=O)N2CCN(C(=O)c3cccs3)CC2)cc1. The van der Waals surface area contributed by atoms with Gasteiger partial charge in [0.2, 0.25) is 0 Å². The molecule has 1 aromatic heterocycles. The lowest BCUT2D eigenvalue weighted by Gasteiger charge is -2.34. The second-order valence-electron chi connectivity index (χ2n) is 5.63. The van der Waals surface area contributed by atoms with Crippen LogP contribution in [0.25, 0.3) is 0 Å². The maximum Gasteiger partial charge on any atom is 0.264 e. The van der Waals surface area contributed by atoms with E-state index in [9.17, 15) is 14.4 Å². The summed E-state index contributed by atoms with van der Waals surface area (Å²) >= 11 is 1.43. The van der Waals surface area contributed by atoms with Crippen LogP contribution in [0.4, 0.5) is 0 Å². The molecule has 25 heavy (non-hydrogen) atoms. The number of ether oxygens (including phenoxy) is 1. The average Bonchev–Trinajstić information content (AvgIpc) is 3.21. The van der Waals surface area contributed by atoms with Gasteiger partial charge in [-0.05, 0) is 35.7 Å². The molecule has 2 amide bonds. The van der Waals surface area contributed by atoms with E-state index in [1.54, 1.807) is 34.1 Å². The quantitative estimate of drug-likeness (QED) is 0.766. The molecule has 1 saturated heterocycles. The fourth-order valence-electron chi connectivity index (χ4n) is 2.59. The van der Waals surface area contributed by atoms with Crippen LogP contribution in [0, 0.1) is 0 Å². The predicted molar refractivity (Wildman–Crippen MR) is 94.1 cm³/mol. The molecule has 0 unspecified atom stereocenters. The Labute approximate surface area is 149 Å². The summed E-state index contributed by atoms with van der Waals surface area (Å²) < 4.78 is 5.47. The number of carbonyl (C=O) groups is 3. The molecule has 2 heterocycles. The molecule has 6 nitrogen and oxygen atoms in total. The highest BCUT2D eigenvalue weighted by Gasteiger charge is 2.25. The van der Waals surface area contributed by atoms with Crippen molar-refractivity contribution < 1.29 is 19.1 Å². The van der Waals surface area contributed by atoms with Crippen LogP contribution in [0.1, 0.15) is 20.0 Å². The minimum atomic E-state index is -0.109. The summed E-state index contributed by atoms with van der Waals surface area (Å²) in [6.07, 6.45) is 0.756. The summed E-state index contributed by atoms with van der Waals surface area (Å²) in [5.41, 5.74) is 0.560. The van der Waals surface area contributed by atoms with Crippen LogP contribution in [0.5, 0.6) is 5.75 Å². The van der Waals surface area contributed by atoms with Gasteiger partial charge in [0.15, 0.2) is 6.61 Å². The second kappa shape index (κ2) is 7.94. The number of carbonyl (C=O) groups excluding carboxylic acids is 3. The van der Waals surface area contributed by atoms with E-state index in [1.807, 2.05) is 17.5 Å². The van der Waals surface area contributed by atoms with Gasteiger partial charge in [-0.1, -0.05) is 6.07 Å². The first kappa shape index (κ1) is 17.2. The number of piperazine rings is 1. The van der Waals surface area contributed by atoms with E-state index in [0.717, 1.165) is 11.2 Å². The third-order valence-corrected chi connectivity index (χ3v) is 4.89. The molecule has 0 saturated carbocycles. The smallest absolute Gasteiger partial charge is 0.264 e. The van der Waals surface area contributed by atoms with Crippen molar-refractivity contribution in [2.24, 2.45) is 0 Å². The molecule has 1 aliphatic heterocycles. The van der Waals surface area contributed by atoms with E-state index in [2.05, 4.69) is 0 Å². The molecule has 0 radical (unpaired) electrons. The minimum absolute atomic E-state index is 0.0219. The molecular formula is C18H18N2O4S. The van der Waals surface area contributed by atoms with Gasteiger partial charge in [0.1, 0.15) is 12.0 Å². The van der Waals surface area contributed by atoms with Crippen LogP contribution in [0.3, 0.4) is 0 Å². The minimum Gasteiger partial charge on any atom is -0.484 e. The fourth-order valence-corrected chi connectivity index (χ4v) is 3.28. The normalized spacial score (nSPS) is 14.2. The molecular weight excluding hydrogens is 340 g/mol. The highest BCUT2D eigenvalue weighted by atomic mass is 32.1. The van der Waals surface area contributed by atoms with Gasteiger partial charge < -0.3 is 14.5 Å². The van der Waals surface area contributed by atoms with Crippen molar-refractivity contribution in [3.63, 3.8) is 0 Å². The summed E-state index contributed by atoms with van der Waals surface area (Å²) in [4.78, 5) is 39.3. The van der Waals surface area contributed by atoms with Gasteiger partial charge in [-0.25, -0.2) is 0 Å². The highest BCUT2D eigenvalue weighted by Crippen LogP contribution is 2.15. The standard InChI is InChI=1S/C18H18N2O4S/c21-12-14-3-5-15(6-4-14)24-13-17(22)19-7-9-20(10-8-19)18(23)16-2-1-11-25-16/h1-6,11-12H,7-10,13H2. The Balaban J connectivity index is 1.46. The Morgan fingerprint density at radius 2 is 1.72 bits per heavy atom. The van der Waals surface area contributed by atoms with Crippen molar-refractivity contribution in [1.82, 2.24) is 9.80 Å². The summed E-state index contributed by atoms with van der Waals surface area (Å²) in [6, 6.07) is 10.3. The number of nitrogens with zero attached hydrogens (tertiary/aromatic N) is 2. The van der Waals surface area contributed by atoms with Gasteiger partial charge in [0.05, 0.1) is 4.88 Å². The van der Waals surface area contributed by atoms with E-state index < -0.39 is 0 Å².